The zero-order chi connectivity index (χ0) is 12.1. The molecule has 1 rings (SSSR count). The number of carbonyl (C=O) groups is 2. The molecule has 1 saturated heterocycles. The molecule has 0 aliphatic carbocycles. The lowest BCUT2D eigenvalue weighted by Crippen LogP contribution is -2.45. The summed E-state index contributed by atoms with van der Waals surface area (Å²) in [7, 11) is 1.49. The van der Waals surface area contributed by atoms with Gasteiger partial charge in [0.05, 0.1) is 6.61 Å². The molecular weight excluding hydrogens is 212 g/mol. The van der Waals surface area contributed by atoms with E-state index in [1.54, 1.807) is 4.90 Å². The first-order valence-corrected chi connectivity index (χ1v) is 5.29. The molecule has 0 radical (unpaired) electrons. The maximum Gasteiger partial charge on any atom is 0.303 e. The Labute approximate surface area is 94.3 Å². The maximum atomic E-state index is 11.7. The number of carboxylic acids is 1. The van der Waals surface area contributed by atoms with Gasteiger partial charge in [-0.3, -0.25) is 9.59 Å². The summed E-state index contributed by atoms with van der Waals surface area (Å²) in [5.74, 6) is -0.925. The molecule has 0 bridgehead atoms. The molecule has 1 aliphatic rings. The molecule has 1 aliphatic heterocycles. The van der Waals surface area contributed by atoms with Crippen molar-refractivity contribution < 1.29 is 19.4 Å². The Morgan fingerprint density at radius 2 is 2.31 bits per heavy atom. The normalized spacial score (nSPS) is 22.1. The van der Waals surface area contributed by atoms with Crippen molar-refractivity contribution in [2.45, 2.75) is 18.9 Å². The van der Waals surface area contributed by atoms with Crippen LogP contribution in [0.3, 0.4) is 0 Å². The molecule has 0 saturated carbocycles. The lowest BCUT2D eigenvalue weighted by molar-refractivity contribution is -0.138. The highest BCUT2D eigenvalue weighted by atomic mass is 16.5. The number of ether oxygens (including phenoxy) is 1. The number of nitrogens with zero attached hydrogens (tertiary/aromatic N) is 1. The Hall–Kier alpha value is -1.14. The zero-order valence-corrected chi connectivity index (χ0v) is 9.39. The monoisotopic (exact) mass is 230 g/mol. The van der Waals surface area contributed by atoms with Gasteiger partial charge in [0, 0.05) is 26.6 Å². The number of carboxylic acid groups (broad SMARTS) is 1. The van der Waals surface area contributed by atoms with E-state index in [0.29, 0.717) is 13.1 Å². The van der Waals surface area contributed by atoms with E-state index in [4.69, 9.17) is 15.6 Å². The van der Waals surface area contributed by atoms with Crippen molar-refractivity contribution in [3.8, 4) is 0 Å². The summed E-state index contributed by atoms with van der Waals surface area (Å²) < 4.78 is 4.81. The molecule has 92 valence electrons. The van der Waals surface area contributed by atoms with Gasteiger partial charge < -0.3 is 20.5 Å². The minimum absolute atomic E-state index is 0.0520. The number of amides is 1. The van der Waals surface area contributed by atoms with Crippen LogP contribution in [0.25, 0.3) is 0 Å². The van der Waals surface area contributed by atoms with Gasteiger partial charge in [-0.1, -0.05) is 0 Å². The van der Waals surface area contributed by atoms with E-state index in [1.807, 2.05) is 0 Å². The minimum Gasteiger partial charge on any atom is -0.481 e. The molecule has 2 atom stereocenters. The van der Waals surface area contributed by atoms with Crippen LogP contribution >= 0.6 is 0 Å². The van der Waals surface area contributed by atoms with E-state index < -0.39 is 12.0 Å². The van der Waals surface area contributed by atoms with Crippen LogP contribution < -0.4 is 5.73 Å². The minimum atomic E-state index is -0.819. The molecule has 1 heterocycles. The number of hydrogen-bond donors (Lipinski definition) is 2. The Balaban J connectivity index is 2.40. The van der Waals surface area contributed by atoms with Crippen molar-refractivity contribution in [1.29, 1.82) is 0 Å². The molecule has 0 spiro atoms. The van der Waals surface area contributed by atoms with Crippen LogP contribution in [0.4, 0.5) is 0 Å². The third kappa shape index (κ3) is 3.46. The smallest absolute Gasteiger partial charge is 0.303 e. The lowest BCUT2D eigenvalue weighted by Gasteiger charge is -2.20. The number of aliphatic carboxylic acids is 1. The van der Waals surface area contributed by atoms with Crippen molar-refractivity contribution >= 4 is 11.9 Å². The largest absolute Gasteiger partial charge is 0.481 e. The summed E-state index contributed by atoms with van der Waals surface area (Å²) in [6, 6.07) is -0.645. The predicted octanol–water partition coefficient (Wildman–Crippen LogP) is -0.717. The Morgan fingerprint density at radius 3 is 2.88 bits per heavy atom. The second-order valence-corrected chi connectivity index (χ2v) is 4.10. The number of likely N-dealkylation sites (tertiary alicyclic amines) is 1. The van der Waals surface area contributed by atoms with Crippen LogP contribution in [0.5, 0.6) is 0 Å². The highest BCUT2D eigenvalue weighted by Gasteiger charge is 2.30. The van der Waals surface area contributed by atoms with Gasteiger partial charge in [0.1, 0.15) is 6.04 Å². The van der Waals surface area contributed by atoms with Crippen LogP contribution in [0, 0.1) is 5.92 Å². The van der Waals surface area contributed by atoms with Gasteiger partial charge in [-0.2, -0.15) is 0 Å². The van der Waals surface area contributed by atoms with Gasteiger partial charge in [0.25, 0.3) is 0 Å². The summed E-state index contributed by atoms with van der Waals surface area (Å²) in [4.78, 5) is 23.9. The molecule has 0 aromatic rings. The fourth-order valence-electron chi connectivity index (χ4n) is 1.93. The van der Waals surface area contributed by atoms with Crippen molar-refractivity contribution in [2.75, 3.05) is 26.8 Å². The summed E-state index contributed by atoms with van der Waals surface area (Å²) in [5.41, 5.74) is 5.62. The summed E-state index contributed by atoms with van der Waals surface area (Å²) in [5, 5.41) is 8.64. The molecule has 1 fully saturated rings. The molecule has 0 aromatic carbocycles. The van der Waals surface area contributed by atoms with E-state index >= 15 is 0 Å². The predicted molar refractivity (Wildman–Crippen MR) is 56.8 cm³/mol. The summed E-state index contributed by atoms with van der Waals surface area (Å²) in [6.45, 7) is 1.27. The van der Waals surface area contributed by atoms with Crippen LogP contribution in [0.1, 0.15) is 12.8 Å². The number of rotatable bonds is 5. The number of methoxy groups -OCH3 is 1. The van der Waals surface area contributed by atoms with Crippen LogP contribution in [-0.4, -0.2) is 54.7 Å². The molecule has 16 heavy (non-hydrogen) atoms. The van der Waals surface area contributed by atoms with Crippen molar-refractivity contribution in [2.24, 2.45) is 11.7 Å². The third-order valence-corrected chi connectivity index (χ3v) is 2.72. The fourth-order valence-corrected chi connectivity index (χ4v) is 1.93. The SMILES string of the molecule is COCC(N)C(=O)N1CCC(CC(=O)O)C1. The molecule has 6 nitrogen and oxygen atoms in total. The molecule has 0 aromatic heterocycles. The van der Waals surface area contributed by atoms with E-state index in [1.165, 1.54) is 7.11 Å². The first-order valence-electron chi connectivity index (χ1n) is 5.29. The van der Waals surface area contributed by atoms with Gasteiger partial charge in [0.15, 0.2) is 0 Å². The number of nitrogens with two attached hydrogens (primary N) is 1. The van der Waals surface area contributed by atoms with E-state index in [9.17, 15) is 9.59 Å². The average Bonchev–Trinajstić information content (AvgIpc) is 2.64. The first-order chi connectivity index (χ1) is 7.54. The van der Waals surface area contributed by atoms with Crippen molar-refractivity contribution in [3.05, 3.63) is 0 Å². The van der Waals surface area contributed by atoms with Gasteiger partial charge >= 0.3 is 5.97 Å². The first kappa shape index (κ1) is 12.9. The lowest BCUT2D eigenvalue weighted by atomic mass is 10.1. The third-order valence-electron chi connectivity index (χ3n) is 2.72. The molecule has 2 unspecified atom stereocenters. The molecular formula is C10H18N2O4. The quantitative estimate of drug-likeness (QED) is 0.650. The van der Waals surface area contributed by atoms with Crippen molar-refractivity contribution in [3.63, 3.8) is 0 Å². The second-order valence-electron chi connectivity index (χ2n) is 4.10. The molecule has 3 N–H and O–H groups in total. The van der Waals surface area contributed by atoms with Crippen LogP contribution in [0.15, 0.2) is 0 Å². The van der Waals surface area contributed by atoms with E-state index in [-0.39, 0.29) is 24.9 Å². The second kappa shape index (κ2) is 5.81. The van der Waals surface area contributed by atoms with E-state index in [2.05, 4.69) is 0 Å². The Bertz CT molecular complexity index is 270. The van der Waals surface area contributed by atoms with Gasteiger partial charge in [0.2, 0.25) is 5.91 Å². The van der Waals surface area contributed by atoms with Gasteiger partial charge in [-0.15, -0.1) is 0 Å². The Kier molecular flexibility index (Phi) is 4.70. The van der Waals surface area contributed by atoms with Crippen molar-refractivity contribution in [1.82, 2.24) is 4.90 Å². The van der Waals surface area contributed by atoms with Gasteiger partial charge in [-0.25, -0.2) is 0 Å². The number of carbonyl (C=O) groups excluding carboxylic acids is 1. The topological polar surface area (TPSA) is 92.9 Å². The van der Waals surface area contributed by atoms with Crippen LogP contribution in [0.2, 0.25) is 0 Å². The average molecular weight is 230 g/mol. The fraction of sp³-hybridized carbons (Fsp3) is 0.800. The summed E-state index contributed by atoms with van der Waals surface area (Å²) >= 11 is 0. The number of hydrogen-bond acceptors (Lipinski definition) is 4. The molecule has 1 amide bonds. The molecule has 6 heteroatoms. The van der Waals surface area contributed by atoms with E-state index in [0.717, 1.165) is 6.42 Å². The Morgan fingerprint density at radius 1 is 1.62 bits per heavy atom. The van der Waals surface area contributed by atoms with Gasteiger partial charge in [-0.05, 0) is 12.3 Å². The van der Waals surface area contributed by atoms with Crippen LogP contribution in [-0.2, 0) is 14.3 Å². The highest BCUT2D eigenvalue weighted by molar-refractivity contribution is 5.82. The summed E-state index contributed by atoms with van der Waals surface area (Å²) in [6.07, 6.45) is 0.848. The standard InChI is InChI=1S/C10H18N2O4/c1-16-6-8(11)10(15)12-3-2-7(5-12)4-9(13)14/h7-8H,2-6,11H2,1H3,(H,13,14). The maximum absolute atomic E-state index is 11.7. The zero-order valence-electron chi connectivity index (χ0n) is 9.39. The highest BCUT2D eigenvalue weighted by Crippen LogP contribution is 2.19.